The number of hydrogen-bond donors (Lipinski definition) is 1. The summed E-state index contributed by atoms with van der Waals surface area (Å²) in [7, 11) is -1.81. The highest BCUT2D eigenvalue weighted by molar-refractivity contribution is 7.90. The molecule has 7 nitrogen and oxygen atoms in total. The molecule has 108 valence electrons. The maximum atomic E-state index is 11.4. The number of carboxylic acids is 1. The van der Waals surface area contributed by atoms with E-state index in [4.69, 9.17) is 9.84 Å². The second kappa shape index (κ2) is 5.22. The monoisotopic (exact) mass is 298 g/mol. The van der Waals surface area contributed by atoms with Crippen LogP contribution >= 0.6 is 0 Å². The van der Waals surface area contributed by atoms with Gasteiger partial charge in [-0.2, -0.15) is 0 Å². The van der Waals surface area contributed by atoms with Crippen molar-refractivity contribution in [2.75, 3.05) is 19.1 Å². The highest BCUT2D eigenvalue weighted by Crippen LogP contribution is 2.20. The smallest absolute Gasteiger partial charge is 0.335 e. The normalized spacial score (nSPS) is 13.5. The number of rotatable bonds is 5. The third kappa shape index (κ3) is 2.97. The first-order chi connectivity index (χ1) is 9.31. The Labute approximate surface area is 115 Å². The number of benzene rings is 1. The molecule has 0 aliphatic carbocycles. The number of aromatic carboxylic acids is 1. The minimum Gasteiger partial charge on any atom is -0.478 e. The predicted octanol–water partition coefficient (Wildman–Crippen LogP) is 0.924. The Morgan fingerprint density at radius 2 is 2.20 bits per heavy atom. The van der Waals surface area contributed by atoms with Gasteiger partial charge in [0, 0.05) is 13.4 Å². The van der Waals surface area contributed by atoms with Crippen LogP contribution in [0.15, 0.2) is 24.5 Å². The van der Waals surface area contributed by atoms with Gasteiger partial charge in [0.1, 0.15) is 6.23 Å². The molecule has 2 aromatic rings. The molecule has 0 bridgehead atoms. The number of ether oxygens (including phenoxy) is 1. The Morgan fingerprint density at radius 3 is 2.75 bits per heavy atom. The fraction of sp³-hybridized carbons (Fsp3) is 0.333. The van der Waals surface area contributed by atoms with E-state index in [0.717, 1.165) is 6.26 Å². The molecule has 0 aliphatic rings. The van der Waals surface area contributed by atoms with Gasteiger partial charge in [-0.3, -0.25) is 0 Å². The van der Waals surface area contributed by atoms with Crippen molar-refractivity contribution in [2.45, 2.75) is 6.23 Å². The molecule has 0 amide bonds. The molecule has 0 fully saturated rings. The quantitative estimate of drug-likeness (QED) is 0.881. The van der Waals surface area contributed by atoms with E-state index in [9.17, 15) is 13.2 Å². The van der Waals surface area contributed by atoms with E-state index in [0.29, 0.717) is 11.0 Å². The fourth-order valence-electron chi connectivity index (χ4n) is 1.92. The zero-order chi connectivity index (χ0) is 14.9. The number of hydrogen-bond acceptors (Lipinski definition) is 5. The summed E-state index contributed by atoms with van der Waals surface area (Å²) in [5, 5.41) is 8.92. The predicted molar refractivity (Wildman–Crippen MR) is 72.4 cm³/mol. The number of carbonyl (C=O) groups is 1. The number of carboxylic acid groups (broad SMARTS) is 1. The van der Waals surface area contributed by atoms with Crippen LogP contribution in [0.3, 0.4) is 0 Å². The lowest BCUT2D eigenvalue weighted by molar-refractivity contribution is 0.0664. The van der Waals surface area contributed by atoms with Crippen LogP contribution in [0.4, 0.5) is 0 Å². The molecule has 20 heavy (non-hydrogen) atoms. The largest absolute Gasteiger partial charge is 0.478 e. The number of methoxy groups -OCH3 is 1. The molecule has 8 heteroatoms. The van der Waals surface area contributed by atoms with Crippen LogP contribution in [-0.2, 0) is 14.6 Å². The summed E-state index contributed by atoms with van der Waals surface area (Å²) >= 11 is 0. The SMILES string of the molecule is COC(CS(C)(=O)=O)n1cnc2cc(C(=O)O)ccc21. The summed E-state index contributed by atoms with van der Waals surface area (Å²) in [5.41, 5.74) is 1.21. The van der Waals surface area contributed by atoms with Crippen molar-refractivity contribution in [1.29, 1.82) is 0 Å². The van der Waals surface area contributed by atoms with E-state index >= 15 is 0 Å². The van der Waals surface area contributed by atoms with Crippen molar-refractivity contribution in [1.82, 2.24) is 9.55 Å². The molecule has 0 spiro atoms. The van der Waals surface area contributed by atoms with E-state index < -0.39 is 22.0 Å². The van der Waals surface area contributed by atoms with E-state index in [2.05, 4.69) is 4.98 Å². The highest BCUT2D eigenvalue weighted by atomic mass is 32.2. The summed E-state index contributed by atoms with van der Waals surface area (Å²) in [6.07, 6.45) is 1.86. The fourth-order valence-corrected chi connectivity index (χ4v) is 2.73. The van der Waals surface area contributed by atoms with Crippen LogP contribution in [0.2, 0.25) is 0 Å². The zero-order valence-corrected chi connectivity index (χ0v) is 11.8. The number of aromatic nitrogens is 2. The number of fused-ring (bicyclic) bond motifs is 1. The summed E-state index contributed by atoms with van der Waals surface area (Å²) in [6, 6.07) is 4.46. The molecule has 1 atom stereocenters. The van der Waals surface area contributed by atoms with E-state index in [1.807, 2.05) is 0 Å². The van der Waals surface area contributed by atoms with Gasteiger partial charge in [0.25, 0.3) is 0 Å². The van der Waals surface area contributed by atoms with Gasteiger partial charge < -0.3 is 14.4 Å². The van der Waals surface area contributed by atoms with Crippen molar-refractivity contribution in [2.24, 2.45) is 0 Å². The molecule has 1 heterocycles. The number of nitrogens with zero attached hydrogens (tertiary/aromatic N) is 2. The standard InChI is InChI=1S/C12H14N2O5S/c1-19-11(6-20(2,17)18)14-7-13-9-5-8(12(15)16)3-4-10(9)14/h3-5,7,11H,6H2,1-2H3,(H,15,16). The van der Waals surface area contributed by atoms with Crippen molar-refractivity contribution in [3.8, 4) is 0 Å². The number of imidazole rings is 1. The second-order valence-corrected chi connectivity index (χ2v) is 6.63. The highest BCUT2D eigenvalue weighted by Gasteiger charge is 2.19. The van der Waals surface area contributed by atoms with Crippen LogP contribution in [0.1, 0.15) is 16.6 Å². The van der Waals surface area contributed by atoms with Crippen molar-refractivity contribution in [3.63, 3.8) is 0 Å². The summed E-state index contributed by atoms with van der Waals surface area (Å²) in [5.74, 6) is -1.23. The molecule has 1 unspecified atom stereocenters. The van der Waals surface area contributed by atoms with Crippen LogP contribution in [0.25, 0.3) is 11.0 Å². The minimum absolute atomic E-state index is 0.125. The van der Waals surface area contributed by atoms with Crippen molar-refractivity contribution in [3.05, 3.63) is 30.1 Å². The molecule has 1 aromatic carbocycles. The van der Waals surface area contributed by atoms with Gasteiger partial charge in [-0.1, -0.05) is 0 Å². The van der Waals surface area contributed by atoms with E-state index in [1.54, 1.807) is 10.6 Å². The van der Waals surface area contributed by atoms with Crippen LogP contribution in [0, 0.1) is 0 Å². The first kappa shape index (κ1) is 14.5. The van der Waals surface area contributed by atoms with E-state index in [-0.39, 0.29) is 11.3 Å². The molecular weight excluding hydrogens is 284 g/mol. The topological polar surface area (TPSA) is 98.5 Å². The summed E-state index contributed by atoms with van der Waals surface area (Å²) in [4.78, 5) is 15.0. The zero-order valence-electron chi connectivity index (χ0n) is 11.0. The Morgan fingerprint density at radius 1 is 1.50 bits per heavy atom. The first-order valence-corrected chi connectivity index (χ1v) is 7.78. The van der Waals surface area contributed by atoms with Crippen molar-refractivity contribution < 1.29 is 23.1 Å². The van der Waals surface area contributed by atoms with Gasteiger partial charge in [0.05, 0.1) is 28.7 Å². The minimum atomic E-state index is -3.22. The second-order valence-electron chi connectivity index (χ2n) is 4.44. The van der Waals surface area contributed by atoms with Gasteiger partial charge in [-0.25, -0.2) is 18.2 Å². The Kier molecular flexibility index (Phi) is 3.78. The van der Waals surface area contributed by atoms with Crippen molar-refractivity contribution >= 4 is 26.8 Å². The van der Waals surface area contributed by atoms with Gasteiger partial charge in [0.2, 0.25) is 0 Å². The molecule has 0 aliphatic heterocycles. The average Bonchev–Trinajstić information content (AvgIpc) is 2.77. The van der Waals surface area contributed by atoms with Gasteiger partial charge in [0.15, 0.2) is 9.84 Å². The van der Waals surface area contributed by atoms with Crippen LogP contribution in [0.5, 0.6) is 0 Å². The molecule has 1 aromatic heterocycles. The van der Waals surface area contributed by atoms with E-state index in [1.165, 1.54) is 25.6 Å². The lowest BCUT2D eigenvalue weighted by Crippen LogP contribution is -2.20. The average molecular weight is 298 g/mol. The third-order valence-electron chi connectivity index (χ3n) is 2.85. The summed E-state index contributed by atoms with van der Waals surface area (Å²) < 4.78 is 29.5. The Balaban J connectivity index is 2.47. The Hall–Kier alpha value is -1.93. The number of sulfone groups is 1. The molecule has 0 saturated carbocycles. The lowest BCUT2D eigenvalue weighted by Gasteiger charge is -2.16. The maximum Gasteiger partial charge on any atom is 0.335 e. The molecule has 0 radical (unpaired) electrons. The van der Waals surface area contributed by atoms with Crippen LogP contribution < -0.4 is 0 Å². The maximum absolute atomic E-state index is 11.4. The van der Waals surface area contributed by atoms with Gasteiger partial charge in [-0.05, 0) is 18.2 Å². The third-order valence-corrected chi connectivity index (χ3v) is 3.74. The van der Waals surface area contributed by atoms with Gasteiger partial charge >= 0.3 is 5.97 Å². The summed E-state index contributed by atoms with van der Waals surface area (Å²) in [6.45, 7) is 0. The molecular formula is C12H14N2O5S. The molecule has 0 saturated heterocycles. The van der Waals surface area contributed by atoms with Gasteiger partial charge in [-0.15, -0.1) is 0 Å². The first-order valence-electron chi connectivity index (χ1n) is 5.72. The van der Waals surface area contributed by atoms with Crippen LogP contribution in [-0.4, -0.2) is 48.2 Å². The molecule has 2 rings (SSSR count). The molecule has 1 N–H and O–H groups in total. The lowest BCUT2D eigenvalue weighted by atomic mass is 10.2. The Bertz CT molecular complexity index is 750.